The molecular weight excluding hydrogens is 494 g/mol. The Labute approximate surface area is 221 Å². The van der Waals surface area contributed by atoms with Crippen LogP contribution in [-0.4, -0.2) is 54.4 Å². The molecule has 0 heterocycles. The summed E-state index contributed by atoms with van der Waals surface area (Å²) in [4.78, 5) is 25.8. The fraction of sp³-hybridized carbons (Fsp3) is 0.310. The summed E-state index contributed by atoms with van der Waals surface area (Å²) in [6.07, 6.45) is 0.630. The highest BCUT2D eigenvalue weighted by molar-refractivity contribution is 5.89. The van der Waals surface area contributed by atoms with Crippen LogP contribution in [-0.2, 0) is 22.4 Å². The molecule has 0 aliphatic rings. The highest BCUT2D eigenvalue weighted by atomic mass is 19.1. The summed E-state index contributed by atoms with van der Waals surface area (Å²) in [5, 5.41) is 12.0. The van der Waals surface area contributed by atoms with Gasteiger partial charge in [0.05, 0.1) is 6.54 Å². The molecule has 202 valence electrons. The largest absolute Gasteiger partial charge is 0.492 e. The monoisotopic (exact) mass is 526 g/mol. The molecule has 1 unspecified atom stereocenters. The molecule has 7 nitrogen and oxygen atoms in total. The van der Waals surface area contributed by atoms with Gasteiger partial charge in [0, 0.05) is 25.3 Å². The molecule has 38 heavy (non-hydrogen) atoms. The van der Waals surface area contributed by atoms with Crippen molar-refractivity contribution in [2.75, 3.05) is 31.6 Å². The SMILES string of the molecule is CCOC(Cc1ccc(OCCN(CCCc2ccc(F)cc2)C(=O)Nc2cccc(F)c2)cc1)C(=O)O. The zero-order valence-corrected chi connectivity index (χ0v) is 21.2. The van der Waals surface area contributed by atoms with Gasteiger partial charge in [0.2, 0.25) is 0 Å². The summed E-state index contributed by atoms with van der Waals surface area (Å²) in [5.41, 5.74) is 2.11. The first-order valence-electron chi connectivity index (χ1n) is 12.5. The van der Waals surface area contributed by atoms with E-state index in [1.807, 2.05) is 0 Å². The van der Waals surface area contributed by atoms with Crippen molar-refractivity contribution in [3.8, 4) is 5.75 Å². The summed E-state index contributed by atoms with van der Waals surface area (Å²) in [6, 6.07) is 18.6. The van der Waals surface area contributed by atoms with Crippen LogP contribution in [0, 0.1) is 11.6 Å². The number of carbonyl (C=O) groups is 2. The molecule has 3 rings (SSSR count). The number of rotatable bonds is 14. The number of nitrogens with zero attached hydrogens (tertiary/aromatic N) is 1. The summed E-state index contributed by atoms with van der Waals surface area (Å²) < 4.78 is 37.8. The van der Waals surface area contributed by atoms with Gasteiger partial charge in [0.25, 0.3) is 0 Å². The fourth-order valence-electron chi connectivity index (χ4n) is 3.84. The fourth-order valence-corrected chi connectivity index (χ4v) is 3.84. The average Bonchev–Trinajstić information content (AvgIpc) is 2.89. The Morgan fingerprint density at radius 1 is 0.947 bits per heavy atom. The number of hydrogen-bond acceptors (Lipinski definition) is 4. The molecule has 0 fully saturated rings. The van der Waals surface area contributed by atoms with E-state index in [4.69, 9.17) is 9.47 Å². The lowest BCUT2D eigenvalue weighted by Gasteiger charge is -2.23. The number of aliphatic carboxylic acids is 1. The predicted octanol–water partition coefficient (Wildman–Crippen LogP) is 5.54. The Kier molecular flexibility index (Phi) is 11.0. The lowest BCUT2D eigenvalue weighted by Crippen LogP contribution is -2.38. The number of ether oxygens (including phenoxy) is 2. The molecule has 0 saturated heterocycles. The quantitative estimate of drug-likeness (QED) is 0.288. The first-order valence-corrected chi connectivity index (χ1v) is 12.5. The van der Waals surface area contributed by atoms with Gasteiger partial charge in [-0.2, -0.15) is 0 Å². The maximum atomic E-state index is 13.6. The highest BCUT2D eigenvalue weighted by Gasteiger charge is 2.18. The third kappa shape index (κ3) is 9.48. The Hall–Kier alpha value is -3.98. The number of urea groups is 1. The molecule has 1 atom stereocenters. The van der Waals surface area contributed by atoms with Crippen molar-refractivity contribution < 1.29 is 33.0 Å². The molecule has 0 aliphatic heterocycles. The van der Waals surface area contributed by atoms with Gasteiger partial charge in [-0.15, -0.1) is 0 Å². The number of halogens is 2. The summed E-state index contributed by atoms with van der Waals surface area (Å²) >= 11 is 0. The zero-order chi connectivity index (χ0) is 27.3. The first-order chi connectivity index (χ1) is 18.3. The second-order valence-corrected chi connectivity index (χ2v) is 8.64. The van der Waals surface area contributed by atoms with E-state index < -0.39 is 17.9 Å². The number of benzene rings is 3. The number of carboxylic acids is 1. The Balaban J connectivity index is 1.56. The van der Waals surface area contributed by atoms with Gasteiger partial charge in [-0.1, -0.05) is 30.3 Å². The Morgan fingerprint density at radius 3 is 2.32 bits per heavy atom. The minimum absolute atomic E-state index is 0.211. The molecule has 0 aliphatic carbocycles. The van der Waals surface area contributed by atoms with Crippen molar-refractivity contribution in [2.45, 2.75) is 32.3 Å². The van der Waals surface area contributed by atoms with Gasteiger partial charge in [-0.05, 0) is 73.4 Å². The highest BCUT2D eigenvalue weighted by Crippen LogP contribution is 2.16. The van der Waals surface area contributed by atoms with Gasteiger partial charge >= 0.3 is 12.0 Å². The van der Waals surface area contributed by atoms with Crippen molar-refractivity contribution in [3.63, 3.8) is 0 Å². The third-order valence-electron chi connectivity index (χ3n) is 5.79. The maximum Gasteiger partial charge on any atom is 0.333 e. The van der Waals surface area contributed by atoms with Crippen molar-refractivity contribution >= 4 is 17.7 Å². The topological polar surface area (TPSA) is 88.1 Å². The second kappa shape index (κ2) is 14.7. The van der Waals surface area contributed by atoms with Gasteiger partial charge < -0.3 is 24.8 Å². The number of carboxylic acid groups (broad SMARTS) is 1. The summed E-state index contributed by atoms with van der Waals surface area (Å²) in [5.74, 6) is -1.18. The van der Waals surface area contributed by atoms with E-state index in [2.05, 4.69) is 5.32 Å². The number of anilines is 1. The zero-order valence-electron chi connectivity index (χ0n) is 21.2. The molecule has 2 amide bonds. The predicted molar refractivity (Wildman–Crippen MR) is 140 cm³/mol. The lowest BCUT2D eigenvalue weighted by molar-refractivity contribution is -0.149. The molecule has 0 spiro atoms. The van der Waals surface area contributed by atoms with Crippen LogP contribution in [0.4, 0.5) is 19.3 Å². The van der Waals surface area contributed by atoms with E-state index >= 15 is 0 Å². The molecule has 3 aromatic carbocycles. The second-order valence-electron chi connectivity index (χ2n) is 8.64. The molecule has 9 heteroatoms. The Morgan fingerprint density at radius 2 is 1.66 bits per heavy atom. The van der Waals surface area contributed by atoms with Gasteiger partial charge in [-0.3, -0.25) is 0 Å². The number of hydrogen-bond donors (Lipinski definition) is 2. The lowest BCUT2D eigenvalue weighted by atomic mass is 10.1. The van der Waals surface area contributed by atoms with Crippen LogP contribution in [0.25, 0.3) is 0 Å². The molecule has 0 bridgehead atoms. The van der Waals surface area contributed by atoms with Crippen molar-refractivity contribution in [1.29, 1.82) is 0 Å². The first kappa shape index (κ1) is 28.6. The molecule has 3 aromatic rings. The normalized spacial score (nSPS) is 11.6. The van der Waals surface area contributed by atoms with E-state index in [1.165, 1.54) is 30.3 Å². The number of aryl methyl sites for hydroxylation is 1. The van der Waals surface area contributed by atoms with Crippen LogP contribution in [0.3, 0.4) is 0 Å². The minimum Gasteiger partial charge on any atom is -0.492 e. The average molecular weight is 527 g/mol. The number of nitrogens with one attached hydrogen (secondary N) is 1. The minimum atomic E-state index is -1.01. The van der Waals surface area contributed by atoms with E-state index in [0.29, 0.717) is 37.4 Å². The smallest absolute Gasteiger partial charge is 0.333 e. The van der Waals surface area contributed by atoms with Crippen molar-refractivity contribution in [2.24, 2.45) is 0 Å². The van der Waals surface area contributed by atoms with E-state index in [0.717, 1.165) is 11.1 Å². The summed E-state index contributed by atoms with van der Waals surface area (Å²) in [6.45, 7) is 2.96. The Bertz CT molecular complexity index is 1170. The van der Waals surface area contributed by atoms with Crippen LogP contribution in [0.2, 0.25) is 0 Å². The van der Waals surface area contributed by atoms with Gasteiger partial charge in [0.15, 0.2) is 6.10 Å². The summed E-state index contributed by atoms with van der Waals surface area (Å²) in [7, 11) is 0. The molecule has 2 N–H and O–H groups in total. The van der Waals surface area contributed by atoms with Crippen LogP contribution in [0.5, 0.6) is 5.75 Å². The van der Waals surface area contributed by atoms with Crippen LogP contribution >= 0.6 is 0 Å². The maximum absolute atomic E-state index is 13.6. The third-order valence-corrected chi connectivity index (χ3v) is 5.79. The standard InChI is InChI=1S/C29H32F2N2O5/c1-2-37-27(28(34)35)19-22-10-14-26(15-11-22)38-18-17-33(16-4-5-21-8-12-23(30)13-9-21)29(36)32-25-7-3-6-24(31)20-25/h3,6-15,20,27H,2,4-5,16-19H2,1H3,(H,32,36)(H,34,35). The van der Waals surface area contributed by atoms with Crippen molar-refractivity contribution in [1.82, 2.24) is 4.90 Å². The number of carbonyl (C=O) groups excluding carboxylic acids is 1. The van der Waals surface area contributed by atoms with Gasteiger partial charge in [-0.25, -0.2) is 18.4 Å². The van der Waals surface area contributed by atoms with Gasteiger partial charge in [0.1, 0.15) is 24.0 Å². The molecular formula is C29H32F2N2O5. The molecule has 0 saturated carbocycles. The molecule has 0 aromatic heterocycles. The van der Waals surface area contributed by atoms with Crippen LogP contribution in [0.1, 0.15) is 24.5 Å². The van der Waals surface area contributed by atoms with E-state index in [1.54, 1.807) is 54.3 Å². The van der Waals surface area contributed by atoms with Crippen LogP contribution in [0.15, 0.2) is 72.8 Å². The number of amides is 2. The van der Waals surface area contributed by atoms with Crippen LogP contribution < -0.4 is 10.1 Å². The molecule has 0 radical (unpaired) electrons. The van der Waals surface area contributed by atoms with E-state index in [-0.39, 0.29) is 31.4 Å². The van der Waals surface area contributed by atoms with E-state index in [9.17, 15) is 23.5 Å². The van der Waals surface area contributed by atoms with Crippen molar-refractivity contribution in [3.05, 3.63) is 95.6 Å².